The molecule has 0 N–H and O–H groups in total. The van der Waals surface area contributed by atoms with E-state index in [4.69, 9.17) is 34.8 Å². The molecule has 0 radical (unpaired) electrons. The van der Waals surface area contributed by atoms with Crippen molar-refractivity contribution >= 4 is 96.0 Å². The lowest BCUT2D eigenvalue weighted by molar-refractivity contribution is 1.34. The van der Waals surface area contributed by atoms with Crippen LogP contribution in [0.5, 0.6) is 0 Å². The molecule has 0 spiro atoms. The van der Waals surface area contributed by atoms with Gasteiger partial charge in [0.2, 0.25) is 0 Å². The molecule has 0 fully saturated rings. The van der Waals surface area contributed by atoms with E-state index in [0.29, 0.717) is 10.1 Å². The van der Waals surface area contributed by atoms with Gasteiger partial charge in [-0.05, 0) is 34.6 Å². The molecule has 94 valence electrons. The zero-order valence-electron chi connectivity index (χ0n) is 9.30. The number of rotatable bonds is 0. The van der Waals surface area contributed by atoms with Gasteiger partial charge in [0.1, 0.15) is 0 Å². The van der Waals surface area contributed by atoms with Crippen LogP contribution in [0.4, 0.5) is 0 Å². The first-order valence-electron chi connectivity index (χ1n) is 3.71. The molecule has 0 aromatic carbocycles. The molecule has 0 heterocycles. The number of hydrogen-bond acceptors (Lipinski definition) is 0. The fourth-order valence-electron chi connectivity index (χ4n) is 0. The van der Waals surface area contributed by atoms with Crippen molar-refractivity contribution in [1.29, 1.82) is 0 Å². The van der Waals surface area contributed by atoms with E-state index in [1.165, 1.54) is 5.57 Å². The molecule has 0 unspecified atom stereocenters. The van der Waals surface area contributed by atoms with Crippen LogP contribution in [-0.2, 0) is 0 Å². The maximum Gasteiger partial charge on any atom is 0.0292 e. The van der Waals surface area contributed by atoms with Gasteiger partial charge in [-0.2, -0.15) is 0 Å². The molecule has 0 nitrogen and oxygen atoms in total. The van der Waals surface area contributed by atoms with Gasteiger partial charge in [0, 0.05) is 52.3 Å². The lowest BCUT2D eigenvalue weighted by Gasteiger charge is -1.85. The molecule has 6 heteroatoms. The molecule has 0 atom stereocenters. The van der Waals surface area contributed by atoms with E-state index in [2.05, 4.69) is 37.2 Å². The lowest BCUT2D eigenvalue weighted by Crippen LogP contribution is -1.62. The fraction of sp³-hybridized carbons (Fsp3) is 0.556. The van der Waals surface area contributed by atoms with Crippen molar-refractivity contribution in [1.82, 2.24) is 0 Å². The van der Waals surface area contributed by atoms with Crippen LogP contribution in [0.2, 0.25) is 0 Å². The Hall–Kier alpha value is 2.54. The van der Waals surface area contributed by atoms with E-state index in [-0.39, 0.29) is 24.0 Å². The van der Waals surface area contributed by atoms with Crippen LogP contribution in [0.25, 0.3) is 0 Å². The Morgan fingerprint density at radius 2 is 0.800 bits per heavy atom. The van der Waals surface area contributed by atoms with Crippen molar-refractivity contribution in [2.75, 3.05) is 0 Å². The highest BCUT2D eigenvalue weighted by atomic mass is 128. The molecule has 0 aliphatic carbocycles. The number of halogens is 6. The Balaban J connectivity index is -0.0000000653. The summed E-state index contributed by atoms with van der Waals surface area (Å²) in [7, 11) is 0. The Morgan fingerprint density at radius 1 is 0.667 bits per heavy atom. The lowest BCUT2D eigenvalue weighted by atomic mass is 10.3. The summed E-state index contributed by atoms with van der Waals surface area (Å²) in [4.78, 5) is 0. The van der Waals surface area contributed by atoms with Crippen LogP contribution < -0.4 is 0 Å². The summed E-state index contributed by atoms with van der Waals surface area (Å²) >= 11 is 20.5. The predicted molar refractivity (Wildman–Crippen MR) is 103 cm³/mol. The van der Waals surface area contributed by atoms with Gasteiger partial charge in [0.15, 0.2) is 0 Å². The second kappa shape index (κ2) is 18.9. The highest BCUT2D eigenvalue weighted by Crippen LogP contribution is 2.09. The summed E-state index contributed by atoms with van der Waals surface area (Å²) in [5.41, 5.74) is 1.19. The van der Waals surface area contributed by atoms with Crippen LogP contribution in [0, 0.1) is 0 Å². The smallest absolute Gasteiger partial charge is 0.0292 e. The van der Waals surface area contributed by atoms with Crippen molar-refractivity contribution in [3.05, 3.63) is 20.7 Å². The zero-order valence-corrected chi connectivity index (χ0v) is 18.2. The summed E-state index contributed by atoms with van der Waals surface area (Å²) in [6.07, 6.45) is 0. The second-order valence-corrected chi connectivity index (χ2v) is 4.30. The highest BCUT2D eigenvalue weighted by molar-refractivity contribution is 15.0. The molecule has 0 bridgehead atoms. The first-order valence-corrected chi connectivity index (χ1v) is 11.1. The molecule has 0 aromatic heterocycles. The molecule has 0 aromatic rings. The van der Waals surface area contributed by atoms with E-state index in [9.17, 15) is 0 Å². The van der Waals surface area contributed by atoms with Gasteiger partial charge in [0.25, 0.3) is 0 Å². The van der Waals surface area contributed by atoms with Crippen molar-refractivity contribution in [3.63, 3.8) is 0 Å². The Labute approximate surface area is 149 Å². The SMILES string of the molecule is CC(C)=C(C)Cl.CC(Cl)=C(C)Cl.I.II. The molecule has 0 aliphatic rings. The monoisotopic (exact) mass is 610 g/mol. The average molecular weight is 611 g/mol. The van der Waals surface area contributed by atoms with Gasteiger partial charge < -0.3 is 0 Å². The summed E-state index contributed by atoms with van der Waals surface area (Å²) in [6.45, 7) is 9.37. The minimum atomic E-state index is 0. The van der Waals surface area contributed by atoms with Crippen molar-refractivity contribution in [3.8, 4) is 0 Å². The topological polar surface area (TPSA) is 0 Å². The third-order valence-electron chi connectivity index (χ3n) is 1.16. The molecular formula is C9H16Cl3I3. The van der Waals surface area contributed by atoms with Gasteiger partial charge in [-0.25, -0.2) is 0 Å². The molecule has 0 amide bonds. The summed E-state index contributed by atoms with van der Waals surface area (Å²) in [6, 6.07) is 0. The van der Waals surface area contributed by atoms with Gasteiger partial charge in [-0.1, -0.05) is 40.4 Å². The molecule has 15 heavy (non-hydrogen) atoms. The third-order valence-corrected chi connectivity index (χ3v) is 2.21. The molecule has 0 saturated heterocycles. The minimum Gasteiger partial charge on any atom is -0.107 e. The maximum atomic E-state index is 5.49. The van der Waals surface area contributed by atoms with Gasteiger partial charge in [-0.15, -0.1) is 24.0 Å². The van der Waals surface area contributed by atoms with Gasteiger partial charge in [0.05, 0.1) is 0 Å². The van der Waals surface area contributed by atoms with Crippen LogP contribution in [-0.4, -0.2) is 0 Å². The average Bonchev–Trinajstić information content (AvgIpc) is 2.08. The van der Waals surface area contributed by atoms with Crippen molar-refractivity contribution in [2.24, 2.45) is 0 Å². The Bertz CT molecular complexity index is 143. The van der Waals surface area contributed by atoms with Gasteiger partial charge >= 0.3 is 0 Å². The predicted octanol–water partition coefficient (Wildman–Crippen LogP) is 7.64. The van der Waals surface area contributed by atoms with E-state index < -0.39 is 0 Å². The summed E-state index contributed by atoms with van der Waals surface area (Å²) in [5.74, 6) is 0. The zero-order chi connectivity index (χ0) is 12.3. The first-order chi connectivity index (χ1) is 6.29. The Kier molecular flexibility index (Phi) is 33.0. The quantitative estimate of drug-likeness (QED) is 0.247. The first kappa shape index (κ1) is 26.2. The molecular weight excluding hydrogens is 595 g/mol. The summed E-state index contributed by atoms with van der Waals surface area (Å²) in [5, 5.41) is 2.23. The van der Waals surface area contributed by atoms with Crippen molar-refractivity contribution in [2.45, 2.75) is 34.6 Å². The van der Waals surface area contributed by atoms with Crippen molar-refractivity contribution < 1.29 is 0 Å². The van der Waals surface area contributed by atoms with Crippen LogP contribution in [0.1, 0.15) is 34.6 Å². The van der Waals surface area contributed by atoms with Crippen LogP contribution in [0.3, 0.4) is 0 Å². The van der Waals surface area contributed by atoms with E-state index >= 15 is 0 Å². The summed E-state index contributed by atoms with van der Waals surface area (Å²) < 4.78 is 0. The normalized spacial score (nSPS) is 9.20. The minimum absolute atomic E-state index is 0. The maximum absolute atomic E-state index is 5.49. The number of hydrogen-bond donors (Lipinski definition) is 0. The number of allylic oxidation sites excluding steroid dienone is 4. The second-order valence-electron chi connectivity index (χ2n) is 2.60. The molecule has 0 saturated carbocycles. The van der Waals surface area contributed by atoms with E-state index in [1.807, 2.05) is 20.8 Å². The largest absolute Gasteiger partial charge is 0.107 e. The Morgan fingerprint density at radius 3 is 0.800 bits per heavy atom. The van der Waals surface area contributed by atoms with Crippen LogP contribution in [0.15, 0.2) is 20.7 Å². The fourth-order valence-corrected chi connectivity index (χ4v) is 0. The molecule has 0 rings (SSSR count). The highest BCUT2D eigenvalue weighted by Gasteiger charge is 1.81. The van der Waals surface area contributed by atoms with Crippen LogP contribution >= 0.6 is 96.0 Å². The molecule has 0 aliphatic heterocycles. The van der Waals surface area contributed by atoms with E-state index in [1.54, 1.807) is 13.8 Å². The van der Waals surface area contributed by atoms with Gasteiger partial charge in [-0.3, -0.25) is 0 Å². The van der Waals surface area contributed by atoms with E-state index in [0.717, 1.165) is 5.03 Å². The third kappa shape index (κ3) is 31.5. The standard InChI is InChI=1S/C5H9Cl.C4H6Cl2.I2.HI/c1-4(2)5(3)6;1-3(5)4(2)6;1-2;/h1-3H3;1-2H3;;1H.